The van der Waals surface area contributed by atoms with Crippen molar-refractivity contribution >= 4 is 5.69 Å². The summed E-state index contributed by atoms with van der Waals surface area (Å²) in [6.45, 7) is 11.4. The molecule has 0 atom stereocenters. The summed E-state index contributed by atoms with van der Waals surface area (Å²) in [6.07, 6.45) is 2.18. The number of rotatable bonds is 3. The molecule has 1 aromatic carbocycles. The molecule has 0 heterocycles. The summed E-state index contributed by atoms with van der Waals surface area (Å²) < 4.78 is 0. The van der Waals surface area contributed by atoms with E-state index in [-0.39, 0.29) is 0 Å². The molecule has 1 heteroatoms. The minimum atomic E-state index is 0.707. The molecule has 0 aliphatic heterocycles. The van der Waals surface area contributed by atoms with Crippen LogP contribution in [0.4, 0.5) is 5.69 Å². The van der Waals surface area contributed by atoms with E-state index >= 15 is 0 Å². The molecular formula is C12H15N. The monoisotopic (exact) mass is 173 g/mol. The molecule has 1 aromatic rings. The zero-order valence-electron chi connectivity index (χ0n) is 8.25. The van der Waals surface area contributed by atoms with Gasteiger partial charge in [0.15, 0.2) is 5.69 Å². The zero-order valence-corrected chi connectivity index (χ0v) is 8.25. The van der Waals surface area contributed by atoms with E-state index in [4.69, 9.17) is 6.57 Å². The Morgan fingerprint density at radius 1 is 1.31 bits per heavy atom. The van der Waals surface area contributed by atoms with Crippen LogP contribution in [0.2, 0.25) is 0 Å². The first kappa shape index (κ1) is 9.80. The molecule has 0 saturated carbocycles. The van der Waals surface area contributed by atoms with Crippen molar-refractivity contribution in [3.8, 4) is 0 Å². The Hall–Kier alpha value is -1.29. The van der Waals surface area contributed by atoms with E-state index < -0.39 is 0 Å². The molecule has 1 rings (SSSR count). The van der Waals surface area contributed by atoms with E-state index in [0.29, 0.717) is 5.92 Å². The van der Waals surface area contributed by atoms with Crippen LogP contribution in [0.3, 0.4) is 0 Å². The molecule has 0 radical (unpaired) electrons. The van der Waals surface area contributed by atoms with Gasteiger partial charge in [-0.1, -0.05) is 38.1 Å². The number of nitrogens with zero attached hydrogens (tertiary/aromatic N) is 1. The lowest BCUT2D eigenvalue weighted by molar-refractivity contribution is 0.587. The van der Waals surface area contributed by atoms with Gasteiger partial charge in [-0.3, -0.25) is 0 Å². The van der Waals surface area contributed by atoms with Gasteiger partial charge in [-0.05, 0) is 24.3 Å². The molecule has 0 unspecified atom stereocenters. The SMILES string of the molecule is [C-]#[N+]c1ccccc1CCC(C)C. The molecule has 0 amide bonds. The fourth-order valence-electron chi connectivity index (χ4n) is 1.28. The summed E-state index contributed by atoms with van der Waals surface area (Å²) in [5.74, 6) is 0.707. The molecule has 0 saturated heterocycles. The van der Waals surface area contributed by atoms with Crippen LogP contribution in [-0.2, 0) is 6.42 Å². The number of hydrogen-bond donors (Lipinski definition) is 0. The van der Waals surface area contributed by atoms with Crippen molar-refractivity contribution in [2.45, 2.75) is 26.7 Å². The normalized spacial score (nSPS) is 10.0. The van der Waals surface area contributed by atoms with E-state index in [0.717, 1.165) is 18.5 Å². The van der Waals surface area contributed by atoms with Gasteiger partial charge in [-0.15, -0.1) is 0 Å². The predicted octanol–water partition coefficient (Wildman–Crippen LogP) is 3.83. The number of aryl methyl sites for hydroxylation is 1. The van der Waals surface area contributed by atoms with Crippen molar-refractivity contribution in [2.24, 2.45) is 5.92 Å². The van der Waals surface area contributed by atoms with Crippen LogP contribution in [0, 0.1) is 12.5 Å². The van der Waals surface area contributed by atoms with Crippen molar-refractivity contribution < 1.29 is 0 Å². The van der Waals surface area contributed by atoms with Gasteiger partial charge < -0.3 is 0 Å². The van der Waals surface area contributed by atoms with Crippen LogP contribution >= 0.6 is 0 Å². The molecule has 0 fully saturated rings. The Labute approximate surface area is 80.2 Å². The quantitative estimate of drug-likeness (QED) is 0.612. The van der Waals surface area contributed by atoms with Crippen LogP contribution in [0.1, 0.15) is 25.8 Å². The Balaban J connectivity index is 2.71. The second kappa shape index (κ2) is 4.67. The summed E-state index contributed by atoms with van der Waals surface area (Å²) in [5.41, 5.74) is 1.99. The molecule has 0 aromatic heterocycles. The van der Waals surface area contributed by atoms with E-state index in [9.17, 15) is 0 Å². The van der Waals surface area contributed by atoms with E-state index in [1.165, 1.54) is 5.56 Å². The minimum absolute atomic E-state index is 0.707. The second-order valence-corrected chi connectivity index (χ2v) is 3.67. The molecule has 0 spiro atoms. The fourth-order valence-corrected chi connectivity index (χ4v) is 1.28. The summed E-state index contributed by atoms with van der Waals surface area (Å²) in [5, 5.41) is 0. The lowest BCUT2D eigenvalue weighted by Gasteiger charge is -2.05. The van der Waals surface area contributed by atoms with Gasteiger partial charge in [-0.25, -0.2) is 4.85 Å². The molecule has 68 valence electrons. The lowest BCUT2D eigenvalue weighted by Crippen LogP contribution is -1.91. The molecule has 0 aliphatic rings. The minimum Gasteiger partial charge on any atom is -0.238 e. The average molecular weight is 173 g/mol. The van der Waals surface area contributed by atoms with Crippen molar-refractivity contribution in [1.29, 1.82) is 0 Å². The van der Waals surface area contributed by atoms with Gasteiger partial charge in [0, 0.05) is 0 Å². The Morgan fingerprint density at radius 2 is 2.00 bits per heavy atom. The molecule has 0 N–H and O–H groups in total. The Morgan fingerprint density at radius 3 is 2.62 bits per heavy atom. The van der Waals surface area contributed by atoms with Crippen LogP contribution in [0.25, 0.3) is 4.85 Å². The summed E-state index contributed by atoms with van der Waals surface area (Å²) in [4.78, 5) is 3.50. The van der Waals surface area contributed by atoms with Crippen LogP contribution in [-0.4, -0.2) is 0 Å². The van der Waals surface area contributed by atoms with Gasteiger partial charge in [0.05, 0.1) is 6.57 Å². The van der Waals surface area contributed by atoms with Crippen LogP contribution in [0.15, 0.2) is 24.3 Å². The van der Waals surface area contributed by atoms with Crippen molar-refractivity contribution in [2.75, 3.05) is 0 Å². The number of para-hydroxylation sites is 1. The van der Waals surface area contributed by atoms with Crippen molar-refractivity contribution in [1.82, 2.24) is 0 Å². The highest BCUT2D eigenvalue weighted by atomic mass is 14.6. The highest BCUT2D eigenvalue weighted by Crippen LogP contribution is 2.21. The molecule has 0 bridgehead atoms. The third-order valence-corrected chi connectivity index (χ3v) is 2.10. The van der Waals surface area contributed by atoms with E-state index in [2.05, 4.69) is 24.8 Å². The van der Waals surface area contributed by atoms with Crippen LogP contribution < -0.4 is 0 Å². The third-order valence-electron chi connectivity index (χ3n) is 2.10. The average Bonchev–Trinajstić information content (AvgIpc) is 2.15. The first-order valence-electron chi connectivity index (χ1n) is 4.69. The summed E-state index contributed by atoms with van der Waals surface area (Å²) in [6, 6.07) is 7.87. The first-order chi connectivity index (χ1) is 6.24. The third kappa shape index (κ3) is 2.91. The predicted molar refractivity (Wildman–Crippen MR) is 55.9 cm³/mol. The fraction of sp³-hybridized carbons (Fsp3) is 0.417. The van der Waals surface area contributed by atoms with Gasteiger partial charge in [0.2, 0.25) is 0 Å². The van der Waals surface area contributed by atoms with Gasteiger partial charge >= 0.3 is 0 Å². The van der Waals surface area contributed by atoms with Crippen molar-refractivity contribution in [3.63, 3.8) is 0 Å². The highest BCUT2D eigenvalue weighted by molar-refractivity contribution is 5.51. The lowest BCUT2D eigenvalue weighted by atomic mass is 10.0. The summed E-state index contributed by atoms with van der Waals surface area (Å²) >= 11 is 0. The van der Waals surface area contributed by atoms with Crippen LogP contribution in [0.5, 0.6) is 0 Å². The maximum atomic E-state index is 7.00. The Kier molecular flexibility index (Phi) is 3.52. The number of hydrogen-bond acceptors (Lipinski definition) is 0. The molecule has 1 nitrogen and oxygen atoms in total. The van der Waals surface area contributed by atoms with Gasteiger partial charge in [-0.2, -0.15) is 0 Å². The smallest absolute Gasteiger partial charge is 0.190 e. The second-order valence-electron chi connectivity index (χ2n) is 3.67. The van der Waals surface area contributed by atoms with E-state index in [1.807, 2.05) is 18.2 Å². The maximum absolute atomic E-state index is 7.00. The molecular weight excluding hydrogens is 158 g/mol. The largest absolute Gasteiger partial charge is 0.238 e. The van der Waals surface area contributed by atoms with Gasteiger partial charge in [0.25, 0.3) is 0 Å². The van der Waals surface area contributed by atoms with Gasteiger partial charge in [0.1, 0.15) is 0 Å². The zero-order chi connectivity index (χ0) is 9.68. The highest BCUT2D eigenvalue weighted by Gasteiger charge is 2.01. The summed E-state index contributed by atoms with van der Waals surface area (Å²) in [7, 11) is 0. The topological polar surface area (TPSA) is 4.36 Å². The first-order valence-corrected chi connectivity index (χ1v) is 4.69. The van der Waals surface area contributed by atoms with E-state index in [1.54, 1.807) is 0 Å². The standard InChI is InChI=1S/C12H15N/c1-10(2)8-9-11-6-4-5-7-12(11)13-3/h4-7,10H,8-9H2,1-2H3. The number of benzene rings is 1. The maximum Gasteiger partial charge on any atom is 0.190 e. The Bertz CT molecular complexity index is 307. The molecule has 13 heavy (non-hydrogen) atoms. The molecule has 0 aliphatic carbocycles. The van der Waals surface area contributed by atoms with Crippen molar-refractivity contribution in [3.05, 3.63) is 41.2 Å².